The number of sulfonamides is 1. The predicted octanol–water partition coefficient (Wildman–Crippen LogP) is 3.00. The first-order valence-corrected chi connectivity index (χ1v) is 10.6. The minimum absolute atomic E-state index is 0.284. The minimum Gasteiger partial charge on any atom is -0.497 e. The summed E-state index contributed by atoms with van der Waals surface area (Å²) in [5.74, 6) is 0.726. The topological polar surface area (TPSA) is 109 Å². The van der Waals surface area contributed by atoms with E-state index in [1.54, 1.807) is 25.3 Å². The summed E-state index contributed by atoms with van der Waals surface area (Å²) in [6, 6.07) is 12.2. The zero-order chi connectivity index (χ0) is 19.4. The number of anilines is 2. The van der Waals surface area contributed by atoms with Crippen LogP contribution in [0.3, 0.4) is 0 Å². The van der Waals surface area contributed by atoms with Gasteiger partial charge in [-0.1, -0.05) is 23.5 Å². The first kappa shape index (κ1) is 18.9. The number of hydrogen-bond donors (Lipinski definition) is 3. The molecule has 0 unspecified atom stereocenters. The van der Waals surface area contributed by atoms with Gasteiger partial charge in [-0.25, -0.2) is 18.2 Å². The highest BCUT2D eigenvalue weighted by Gasteiger charge is 2.10. The van der Waals surface area contributed by atoms with E-state index in [-0.39, 0.29) is 11.2 Å². The van der Waals surface area contributed by atoms with E-state index in [1.807, 2.05) is 24.3 Å². The van der Waals surface area contributed by atoms with Gasteiger partial charge in [0.1, 0.15) is 5.75 Å². The van der Waals surface area contributed by atoms with Crippen molar-refractivity contribution in [1.82, 2.24) is 10.3 Å². The Hall–Kier alpha value is -2.85. The lowest BCUT2D eigenvalue weighted by Crippen LogP contribution is -2.28. The number of carbonyl (C=O) groups is 1. The lowest BCUT2D eigenvalue weighted by Gasteiger charge is -2.08. The molecule has 1 aromatic heterocycles. The van der Waals surface area contributed by atoms with Gasteiger partial charge in [0.25, 0.3) is 0 Å². The van der Waals surface area contributed by atoms with Crippen LogP contribution in [0.1, 0.15) is 5.56 Å². The van der Waals surface area contributed by atoms with E-state index in [0.29, 0.717) is 17.7 Å². The molecule has 3 aromatic rings. The molecule has 27 heavy (non-hydrogen) atoms. The maximum atomic E-state index is 12.1. The van der Waals surface area contributed by atoms with E-state index in [2.05, 4.69) is 20.3 Å². The van der Waals surface area contributed by atoms with Gasteiger partial charge in [-0.2, -0.15) is 0 Å². The summed E-state index contributed by atoms with van der Waals surface area (Å²) in [6.45, 7) is 0.355. The van der Waals surface area contributed by atoms with Crippen molar-refractivity contribution in [2.45, 2.75) is 6.54 Å². The molecule has 0 radical (unpaired) electrons. The summed E-state index contributed by atoms with van der Waals surface area (Å²) in [5.41, 5.74) is 2.15. The van der Waals surface area contributed by atoms with Crippen LogP contribution in [0.2, 0.25) is 0 Å². The molecular weight excluding hydrogens is 388 g/mol. The zero-order valence-electron chi connectivity index (χ0n) is 14.6. The third kappa shape index (κ3) is 5.31. The van der Waals surface area contributed by atoms with Crippen molar-refractivity contribution < 1.29 is 17.9 Å². The number of fused-ring (bicyclic) bond motifs is 1. The van der Waals surface area contributed by atoms with E-state index < -0.39 is 10.0 Å². The zero-order valence-corrected chi connectivity index (χ0v) is 16.3. The lowest BCUT2D eigenvalue weighted by atomic mass is 10.2. The Kier molecular flexibility index (Phi) is 5.47. The van der Waals surface area contributed by atoms with Crippen LogP contribution in [-0.4, -0.2) is 32.8 Å². The first-order chi connectivity index (χ1) is 12.8. The highest BCUT2D eigenvalue weighted by molar-refractivity contribution is 7.92. The van der Waals surface area contributed by atoms with Crippen LogP contribution in [0, 0.1) is 0 Å². The second kappa shape index (κ2) is 7.80. The number of amides is 2. The second-order valence-corrected chi connectivity index (χ2v) is 8.51. The van der Waals surface area contributed by atoms with Crippen LogP contribution in [0.4, 0.5) is 15.6 Å². The molecule has 3 rings (SSSR count). The molecule has 3 N–H and O–H groups in total. The van der Waals surface area contributed by atoms with Crippen LogP contribution in [0.25, 0.3) is 10.2 Å². The fraction of sp³-hybridized carbons (Fsp3) is 0.176. The van der Waals surface area contributed by atoms with Gasteiger partial charge in [0.15, 0.2) is 5.13 Å². The van der Waals surface area contributed by atoms with Crippen molar-refractivity contribution >= 4 is 48.4 Å². The summed E-state index contributed by atoms with van der Waals surface area (Å²) in [4.78, 5) is 16.3. The molecule has 0 atom stereocenters. The van der Waals surface area contributed by atoms with Gasteiger partial charge >= 0.3 is 6.03 Å². The molecule has 10 heteroatoms. The summed E-state index contributed by atoms with van der Waals surface area (Å²) in [5, 5.41) is 5.81. The molecule has 2 aromatic carbocycles. The van der Waals surface area contributed by atoms with Crippen LogP contribution in [0.15, 0.2) is 42.5 Å². The molecule has 0 fully saturated rings. The third-order valence-corrected chi connectivity index (χ3v) is 5.13. The quantitative estimate of drug-likeness (QED) is 0.583. The summed E-state index contributed by atoms with van der Waals surface area (Å²) >= 11 is 1.19. The SMILES string of the molecule is COc1cccc(CNC(=O)Nc2ccc3nc(NS(C)(=O)=O)sc3c2)c1. The van der Waals surface area contributed by atoms with E-state index in [0.717, 1.165) is 22.3 Å². The fourth-order valence-corrected chi connectivity index (χ4v) is 4.08. The van der Waals surface area contributed by atoms with Gasteiger partial charge < -0.3 is 15.4 Å². The maximum absolute atomic E-state index is 12.1. The Balaban J connectivity index is 1.64. The van der Waals surface area contributed by atoms with E-state index >= 15 is 0 Å². The summed E-state index contributed by atoms with van der Waals surface area (Å²) in [6.07, 6.45) is 1.07. The smallest absolute Gasteiger partial charge is 0.319 e. The van der Waals surface area contributed by atoms with Crippen molar-refractivity contribution in [3.05, 3.63) is 48.0 Å². The van der Waals surface area contributed by atoms with E-state index in [1.165, 1.54) is 11.3 Å². The van der Waals surface area contributed by atoms with E-state index in [9.17, 15) is 13.2 Å². The minimum atomic E-state index is -3.38. The summed E-state index contributed by atoms with van der Waals surface area (Å²) < 4.78 is 30.9. The standard InChI is InChI=1S/C17H18N4O4S2/c1-25-13-5-3-4-11(8-13)10-18-16(22)19-12-6-7-14-15(9-12)26-17(20-14)21-27(2,23)24/h3-9H,10H2,1-2H3,(H,20,21)(H2,18,19,22). The average molecular weight is 406 g/mol. The van der Waals surface area contributed by atoms with Crippen molar-refractivity contribution in [3.63, 3.8) is 0 Å². The Bertz CT molecular complexity index is 1080. The molecular formula is C17H18N4O4S2. The number of carbonyl (C=O) groups excluding carboxylic acids is 1. The van der Waals surface area contributed by atoms with Gasteiger partial charge in [0.2, 0.25) is 10.0 Å². The van der Waals surface area contributed by atoms with Crippen molar-refractivity contribution in [1.29, 1.82) is 0 Å². The number of aromatic nitrogens is 1. The first-order valence-electron chi connectivity index (χ1n) is 7.88. The summed E-state index contributed by atoms with van der Waals surface area (Å²) in [7, 11) is -1.79. The number of urea groups is 1. The molecule has 2 amide bonds. The van der Waals surface area contributed by atoms with Gasteiger partial charge in [0.05, 0.1) is 23.6 Å². The Morgan fingerprint density at radius 1 is 1.22 bits per heavy atom. The molecule has 0 aliphatic rings. The normalized spacial score (nSPS) is 11.2. The Morgan fingerprint density at radius 2 is 2.04 bits per heavy atom. The van der Waals surface area contributed by atoms with Crippen LogP contribution >= 0.6 is 11.3 Å². The second-order valence-electron chi connectivity index (χ2n) is 5.73. The number of rotatable bonds is 6. The molecule has 0 spiro atoms. The number of nitrogens with one attached hydrogen (secondary N) is 3. The maximum Gasteiger partial charge on any atom is 0.319 e. The molecule has 0 aliphatic carbocycles. The fourth-order valence-electron chi connectivity index (χ4n) is 2.34. The molecule has 0 saturated heterocycles. The average Bonchev–Trinajstić information content (AvgIpc) is 2.99. The van der Waals surface area contributed by atoms with Crippen molar-refractivity contribution in [2.75, 3.05) is 23.4 Å². The van der Waals surface area contributed by atoms with E-state index in [4.69, 9.17) is 4.74 Å². The molecule has 0 aliphatic heterocycles. The lowest BCUT2D eigenvalue weighted by molar-refractivity contribution is 0.251. The van der Waals surface area contributed by atoms with Crippen LogP contribution < -0.4 is 20.1 Å². The number of methoxy groups -OCH3 is 1. The molecule has 8 nitrogen and oxygen atoms in total. The molecule has 142 valence electrons. The molecule has 1 heterocycles. The van der Waals surface area contributed by atoms with Crippen molar-refractivity contribution in [3.8, 4) is 5.75 Å². The van der Waals surface area contributed by atoms with Crippen LogP contribution in [-0.2, 0) is 16.6 Å². The number of benzene rings is 2. The Morgan fingerprint density at radius 3 is 2.78 bits per heavy atom. The largest absolute Gasteiger partial charge is 0.497 e. The monoisotopic (exact) mass is 406 g/mol. The number of nitrogens with zero attached hydrogens (tertiary/aromatic N) is 1. The van der Waals surface area contributed by atoms with Gasteiger partial charge in [-0.15, -0.1) is 0 Å². The third-order valence-electron chi connectivity index (χ3n) is 3.51. The number of hydrogen-bond acceptors (Lipinski definition) is 6. The molecule has 0 bridgehead atoms. The Labute approximate surface area is 160 Å². The highest BCUT2D eigenvalue weighted by atomic mass is 32.2. The van der Waals surface area contributed by atoms with Crippen molar-refractivity contribution in [2.24, 2.45) is 0 Å². The van der Waals surface area contributed by atoms with Gasteiger partial charge in [-0.3, -0.25) is 4.72 Å². The highest BCUT2D eigenvalue weighted by Crippen LogP contribution is 2.28. The van der Waals surface area contributed by atoms with Crippen LogP contribution in [0.5, 0.6) is 5.75 Å². The van der Waals surface area contributed by atoms with Gasteiger partial charge in [0, 0.05) is 12.2 Å². The molecule has 0 saturated carbocycles. The predicted molar refractivity (Wildman–Crippen MR) is 107 cm³/mol. The number of ether oxygens (including phenoxy) is 1. The number of thiazole rings is 1. The van der Waals surface area contributed by atoms with Gasteiger partial charge in [-0.05, 0) is 35.9 Å².